The number of amidine groups is 1. The third-order valence-corrected chi connectivity index (χ3v) is 4.45. The Kier molecular flexibility index (Phi) is 3.49. The van der Waals surface area contributed by atoms with E-state index in [9.17, 15) is 4.79 Å². The lowest BCUT2D eigenvalue weighted by Gasteiger charge is -2.42. The number of aliphatic imine (C=N–C) groups is 1. The van der Waals surface area contributed by atoms with Crippen molar-refractivity contribution in [1.82, 2.24) is 5.32 Å². The van der Waals surface area contributed by atoms with Crippen LogP contribution < -0.4 is 5.32 Å². The maximum absolute atomic E-state index is 11.8. The van der Waals surface area contributed by atoms with Crippen molar-refractivity contribution in [3.63, 3.8) is 0 Å². The molecule has 18 heavy (non-hydrogen) atoms. The molecule has 0 aromatic carbocycles. The summed E-state index contributed by atoms with van der Waals surface area (Å²) in [7, 11) is 1.73. The highest BCUT2D eigenvalue weighted by atomic mass is 16.5. The van der Waals surface area contributed by atoms with Crippen LogP contribution in [-0.2, 0) is 9.53 Å². The fourth-order valence-corrected chi connectivity index (χ4v) is 2.82. The molecule has 1 aliphatic heterocycles. The van der Waals surface area contributed by atoms with Gasteiger partial charge in [0.05, 0.1) is 0 Å². The molecule has 2 aliphatic rings. The van der Waals surface area contributed by atoms with Gasteiger partial charge in [0.2, 0.25) is 5.91 Å². The zero-order valence-electron chi connectivity index (χ0n) is 11.9. The molecule has 1 saturated carbocycles. The topological polar surface area (TPSA) is 50.7 Å². The molecular weight excluding hydrogens is 228 g/mol. The molecule has 1 amide bonds. The van der Waals surface area contributed by atoms with Crippen molar-refractivity contribution in [2.75, 3.05) is 7.11 Å². The Labute approximate surface area is 109 Å². The lowest BCUT2D eigenvalue weighted by Crippen LogP contribution is -2.51. The summed E-state index contributed by atoms with van der Waals surface area (Å²) in [5.74, 6) is 0.783. The average molecular weight is 252 g/mol. The first-order valence-corrected chi connectivity index (χ1v) is 6.87. The Morgan fingerprint density at radius 3 is 2.39 bits per heavy atom. The lowest BCUT2D eigenvalue weighted by molar-refractivity contribution is -0.120. The second-order valence-corrected chi connectivity index (χ2v) is 6.25. The normalized spacial score (nSPS) is 29.9. The maximum atomic E-state index is 11.8. The van der Waals surface area contributed by atoms with E-state index < -0.39 is 0 Å². The number of ether oxygens (including phenoxy) is 1. The molecule has 4 nitrogen and oxygen atoms in total. The highest BCUT2D eigenvalue weighted by Gasteiger charge is 2.45. The third-order valence-electron chi connectivity index (χ3n) is 4.45. The number of hydrogen-bond acceptors (Lipinski definition) is 3. The minimum absolute atomic E-state index is 0.0220. The second kappa shape index (κ2) is 4.65. The maximum Gasteiger partial charge on any atom is 0.250 e. The highest BCUT2D eigenvalue weighted by molar-refractivity contribution is 6.09. The number of rotatable bonds is 3. The fourth-order valence-electron chi connectivity index (χ4n) is 2.82. The number of carbonyl (C=O) groups is 1. The molecule has 1 unspecified atom stereocenters. The minimum Gasteiger partial charge on any atom is -0.370 e. The van der Waals surface area contributed by atoms with Crippen molar-refractivity contribution in [2.24, 2.45) is 10.4 Å². The summed E-state index contributed by atoms with van der Waals surface area (Å²) in [4.78, 5) is 16.3. The summed E-state index contributed by atoms with van der Waals surface area (Å²) < 4.78 is 5.75. The Hall–Kier alpha value is -0.900. The molecule has 0 saturated heterocycles. The summed E-state index contributed by atoms with van der Waals surface area (Å²) in [5, 5.41) is 2.93. The summed E-state index contributed by atoms with van der Waals surface area (Å²) in [6, 6.07) is -0.220. The van der Waals surface area contributed by atoms with Gasteiger partial charge >= 0.3 is 0 Å². The van der Waals surface area contributed by atoms with Crippen LogP contribution >= 0.6 is 0 Å². The SMILES string of the molecule is CCC1N=C(C2(OC)CCC(C)(C)CC2)NC1=O. The summed E-state index contributed by atoms with van der Waals surface area (Å²) >= 11 is 0. The summed E-state index contributed by atoms with van der Waals surface area (Å²) in [6.45, 7) is 6.56. The zero-order valence-corrected chi connectivity index (χ0v) is 11.9. The first kappa shape index (κ1) is 13.5. The van der Waals surface area contributed by atoms with E-state index in [1.807, 2.05) is 6.92 Å². The molecule has 1 heterocycles. The molecule has 1 atom stereocenters. The van der Waals surface area contributed by atoms with Crippen LogP contribution in [0.2, 0.25) is 0 Å². The van der Waals surface area contributed by atoms with Gasteiger partial charge in [-0.3, -0.25) is 9.79 Å². The molecule has 1 aliphatic carbocycles. The van der Waals surface area contributed by atoms with Gasteiger partial charge in [-0.25, -0.2) is 0 Å². The molecule has 2 rings (SSSR count). The van der Waals surface area contributed by atoms with E-state index in [1.54, 1.807) is 7.11 Å². The quantitative estimate of drug-likeness (QED) is 0.837. The van der Waals surface area contributed by atoms with Crippen LogP contribution in [0.4, 0.5) is 0 Å². The van der Waals surface area contributed by atoms with E-state index in [4.69, 9.17) is 4.74 Å². The smallest absolute Gasteiger partial charge is 0.250 e. The number of nitrogens with zero attached hydrogens (tertiary/aromatic N) is 1. The van der Waals surface area contributed by atoms with E-state index in [0.717, 1.165) is 37.9 Å². The average Bonchev–Trinajstić information content (AvgIpc) is 2.72. The molecule has 0 radical (unpaired) electrons. The van der Waals surface area contributed by atoms with Crippen molar-refractivity contribution in [3.8, 4) is 0 Å². The van der Waals surface area contributed by atoms with Crippen molar-refractivity contribution in [3.05, 3.63) is 0 Å². The van der Waals surface area contributed by atoms with Gasteiger partial charge in [0.15, 0.2) is 0 Å². The van der Waals surface area contributed by atoms with E-state index in [2.05, 4.69) is 24.2 Å². The van der Waals surface area contributed by atoms with Gasteiger partial charge in [0.1, 0.15) is 17.5 Å². The third kappa shape index (κ3) is 2.30. The molecule has 102 valence electrons. The van der Waals surface area contributed by atoms with Gasteiger partial charge in [-0.2, -0.15) is 0 Å². The monoisotopic (exact) mass is 252 g/mol. The van der Waals surface area contributed by atoms with Gasteiger partial charge in [-0.05, 0) is 37.5 Å². The second-order valence-electron chi connectivity index (χ2n) is 6.25. The largest absolute Gasteiger partial charge is 0.370 e. The Bertz CT molecular complexity index is 364. The van der Waals surface area contributed by atoms with Crippen molar-refractivity contribution < 1.29 is 9.53 Å². The minimum atomic E-state index is -0.366. The van der Waals surface area contributed by atoms with E-state index >= 15 is 0 Å². The number of amides is 1. The fraction of sp³-hybridized carbons (Fsp3) is 0.857. The van der Waals surface area contributed by atoms with Crippen molar-refractivity contribution in [2.45, 2.75) is 64.5 Å². The van der Waals surface area contributed by atoms with Gasteiger partial charge in [0.25, 0.3) is 0 Å². The summed E-state index contributed by atoms with van der Waals surface area (Å²) in [5.41, 5.74) is 0.00443. The molecule has 0 spiro atoms. The standard InChI is InChI=1S/C14H24N2O2/c1-5-10-11(17)16-12(15-10)14(18-4)8-6-13(2,3)7-9-14/h10H,5-9H2,1-4H3,(H,15,16,17). The first-order valence-electron chi connectivity index (χ1n) is 6.87. The Morgan fingerprint density at radius 1 is 1.33 bits per heavy atom. The Balaban J connectivity index is 2.17. The van der Waals surface area contributed by atoms with E-state index in [0.29, 0.717) is 5.41 Å². The molecule has 0 aromatic rings. The van der Waals surface area contributed by atoms with Gasteiger partial charge in [0, 0.05) is 7.11 Å². The molecule has 4 heteroatoms. The number of carbonyl (C=O) groups excluding carboxylic acids is 1. The molecular formula is C14H24N2O2. The zero-order chi connectivity index (χ0) is 13.4. The predicted octanol–water partition coefficient (Wildman–Crippen LogP) is 2.28. The molecule has 1 fully saturated rings. The molecule has 1 N–H and O–H groups in total. The first-order chi connectivity index (χ1) is 8.42. The van der Waals surface area contributed by atoms with E-state index in [-0.39, 0.29) is 17.6 Å². The summed E-state index contributed by atoms with van der Waals surface area (Å²) in [6.07, 6.45) is 4.83. The number of methoxy groups -OCH3 is 1. The van der Waals surface area contributed by atoms with Crippen molar-refractivity contribution >= 4 is 11.7 Å². The number of hydrogen-bond donors (Lipinski definition) is 1. The van der Waals surface area contributed by atoms with Crippen LogP contribution in [0.5, 0.6) is 0 Å². The van der Waals surface area contributed by atoms with Crippen LogP contribution in [0.1, 0.15) is 52.9 Å². The van der Waals surface area contributed by atoms with Gasteiger partial charge in [-0.15, -0.1) is 0 Å². The molecule has 0 bridgehead atoms. The van der Waals surface area contributed by atoms with E-state index in [1.165, 1.54) is 0 Å². The van der Waals surface area contributed by atoms with Gasteiger partial charge in [-0.1, -0.05) is 20.8 Å². The van der Waals surface area contributed by atoms with Crippen LogP contribution in [0.25, 0.3) is 0 Å². The lowest BCUT2D eigenvalue weighted by atomic mass is 9.70. The molecule has 0 aromatic heterocycles. The van der Waals surface area contributed by atoms with Crippen LogP contribution in [0, 0.1) is 5.41 Å². The van der Waals surface area contributed by atoms with Crippen LogP contribution in [0.3, 0.4) is 0 Å². The van der Waals surface area contributed by atoms with Crippen LogP contribution in [-0.4, -0.2) is 30.5 Å². The predicted molar refractivity (Wildman–Crippen MR) is 71.6 cm³/mol. The Morgan fingerprint density at radius 2 is 1.94 bits per heavy atom. The van der Waals surface area contributed by atoms with Gasteiger partial charge < -0.3 is 10.1 Å². The number of nitrogens with one attached hydrogen (secondary N) is 1. The van der Waals surface area contributed by atoms with Crippen LogP contribution in [0.15, 0.2) is 4.99 Å². The van der Waals surface area contributed by atoms with Crippen molar-refractivity contribution in [1.29, 1.82) is 0 Å². The highest BCUT2D eigenvalue weighted by Crippen LogP contribution is 2.42.